The number of carboxylic acid groups (broad SMARTS) is 1. The maximum atomic E-state index is 14.6. The van der Waals surface area contributed by atoms with Crippen LogP contribution in [0.2, 0.25) is 0 Å². The van der Waals surface area contributed by atoms with Crippen molar-refractivity contribution in [3.63, 3.8) is 0 Å². The van der Waals surface area contributed by atoms with Crippen LogP contribution in [0.15, 0.2) is 36.8 Å². The van der Waals surface area contributed by atoms with Crippen LogP contribution in [0.25, 0.3) is 11.6 Å². The molecule has 1 saturated heterocycles. The lowest BCUT2D eigenvalue weighted by molar-refractivity contribution is -0.150. The molecule has 0 saturated carbocycles. The summed E-state index contributed by atoms with van der Waals surface area (Å²) in [4.78, 5) is 37.2. The van der Waals surface area contributed by atoms with Gasteiger partial charge in [0, 0.05) is 55.8 Å². The van der Waals surface area contributed by atoms with Crippen molar-refractivity contribution in [2.45, 2.75) is 25.5 Å². The van der Waals surface area contributed by atoms with Crippen LogP contribution in [0, 0.1) is 5.82 Å². The van der Waals surface area contributed by atoms with E-state index >= 15 is 0 Å². The summed E-state index contributed by atoms with van der Waals surface area (Å²) in [6, 6.07) is 4.33. The Morgan fingerprint density at radius 3 is 2.70 bits per heavy atom. The first-order valence-corrected chi connectivity index (χ1v) is 10.7. The van der Waals surface area contributed by atoms with Crippen LogP contribution in [0.5, 0.6) is 0 Å². The highest BCUT2D eigenvalue weighted by molar-refractivity contribution is 5.73. The molecular weight excluding hydrogens is 429 g/mol. The molecule has 1 fully saturated rings. The van der Waals surface area contributed by atoms with E-state index in [1.165, 1.54) is 12.1 Å². The molecule has 2 unspecified atom stereocenters. The molecular formula is C22H22FN7O3. The molecule has 10 nitrogen and oxygen atoms in total. The highest BCUT2D eigenvalue weighted by Crippen LogP contribution is 2.33. The maximum absolute atomic E-state index is 14.6. The zero-order valence-corrected chi connectivity index (χ0v) is 17.9. The lowest BCUT2D eigenvalue weighted by atomic mass is 9.99. The standard InChI is InChI=1S/C22H22FN7O3/c1-13-15-11-26-21(20-24-4-2-5-25-20)27-16(15)3-6-30(13)19-10-14(23)9-18(28-19)29-7-8-33-17(12-29)22(31)32/h2,4-5,9-11,13,17H,3,6-8,12H2,1H3,(H,31,32). The Kier molecular flexibility index (Phi) is 5.55. The number of fused-ring (bicyclic) bond motifs is 1. The Bertz CT molecular complexity index is 1180. The van der Waals surface area contributed by atoms with Crippen LogP contribution < -0.4 is 9.80 Å². The van der Waals surface area contributed by atoms with Gasteiger partial charge in [0.05, 0.1) is 24.9 Å². The molecule has 0 radical (unpaired) electrons. The Morgan fingerprint density at radius 1 is 1.12 bits per heavy atom. The summed E-state index contributed by atoms with van der Waals surface area (Å²) in [7, 11) is 0. The van der Waals surface area contributed by atoms with E-state index in [1.807, 2.05) is 11.8 Å². The van der Waals surface area contributed by atoms with E-state index in [-0.39, 0.29) is 19.2 Å². The van der Waals surface area contributed by atoms with Crippen molar-refractivity contribution in [2.24, 2.45) is 0 Å². The third-order valence-electron chi connectivity index (χ3n) is 5.90. The van der Waals surface area contributed by atoms with E-state index in [2.05, 4.69) is 24.9 Å². The number of ether oxygens (including phenoxy) is 1. The fourth-order valence-electron chi connectivity index (χ4n) is 4.18. The number of pyridine rings is 1. The number of carbonyl (C=O) groups is 1. The topological polar surface area (TPSA) is 117 Å². The van der Waals surface area contributed by atoms with E-state index in [9.17, 15) is 14.3 Å². The minimum atomic E-state index is -1.04. The highest BCUT2D eigenvalue weighted by Gasteiger charge is 2.30. The van der Waals surface area contributed by atoms with E-state index in [0.29, 0.717) is 42.8 Å². The summed E-state index contributed by atoms with van der Waals surface area (Å²) >= 11 is 0. The van der Waals surface area contributed by atoms with E-state index in [0.717, 1.165) is 11.3 Å². The number of halogens is 1. The molecule has 0 amide bonds. The average Bonchev–Trinajstić information content (AvgIpc) is 2.84. The predicted molar refractivity (Wildman–Crippen MR) is 116 cm³/mol. The van der Waals surface area contributed by atoms with Crippen LogP contribution in [-0.2, 0) is 16.0 Å². The van der Waals surface area contributed by atoms with Crippen molar-refractivity contribution in [1.29, 1.82) is 0 Å². The molecule has 5 rings (SSSR count). The van der Waals surface area contributed by atoms with Crippen LogP contribution in [0.3, 0.4) is 0 Å². The van der Waals surface area contributed by atoms with Crippen molar-refractivity contribution in [1.82, 2.24) is 24.9 Å². The molecule has 170 valence electrons. The minimum Gasteiger partial charge on any atom is -0.479 e. The quantitative estimate of drug-likeness (QED) is 0.630. The largest absolute Gasteiger partial charge is 0.479 e. The monoisotopic (exact) mass is 451 g/mol. The van der Waals surface area contributed by atoms with Crippen molar-refractivity contribution in [3.8, 4) is 11.6 Å². The summed E-state index contributed by atoms with van der Waals surface area (Å²) in [5.74, 6) is 0.345. The molecule has 0 aromatic carbocycles. The molecule has 3 aromatic heterocycles. The average molecular weight is 451 g/mol. The van der Waals surface area contributed by atoms with Gasteiger partial charge in [0.15, 0.2) is 17.8 Å². The molecule has 0 bridgehead atoms. The lowest BCUT2D eigenvalue weighted by Crippen LogP contribution is -2.46. The van der Waals surface area contributed by atoms with Gasteiger partial charge in [-0.05, 0) is 13.0 Å². The molecule has 5 heterocycles. The summed E-state index contributed by atoms with van der Waals surface area (Å²) in [5.41, 5.74) is 1.84. The Morgan fingerprint density at radius 2 is 1.91 bits per heavy atom. The van der Waals surface area contributed by atoms with Crippen molar-refractivity contribution < 1.29 is 19.0 Å². The van der Waals surface area contributed by atoms with Gasteiger partial charge in [-0.2, -0.15) is 0 Å². The summed E-state index contributed by atoms with van der Waals surface area (Å²) in [5, 5.41) is 9.26. The van der Waals surface area contributed by atoms with E-state index in [1.54, 1.807) is 29.6 Å². The predicted octanol–water partition coefficient (Wildman–Crippen LogP) is 1.88. The Hall–Kier alpha value is -3.73. The first kappa shape index (κ1) is 21.1. The second kappa shape index (κ2) is 8.66. The number of nitrogens with zero attached hydrogens (tertiary/aromatic N) is 7. The zero-order chi connectivity index (χ0) is 22.9. The molecule has 2 aliphatic rings. The van der Waals surface area contributed by atoms with Gasteiger partial charge in [0.2, 0.25) is 0 Å². The van der Waals surface area contributed by atoms with Crippen LogP contribution in [-0.4, -0.2) is 68.3 Å². The molecule has 3 aromatic rings. The number of aromatic nitrogens is 5. The van der Waals surface area contributed by atoms with E-state index < -0.39 is 17.9 Å². The van der Waals surface area contributed by atoms with Gasteiger partial charge in [0.1, 0.15) is 17.5 Å². The van der Waals surface area contributed by atoms with E-state index in [4.69, 9.17) is 4.74 Å². The zero-order valence-electron chi connectivity index (χ0n) is 17.9. The molecule has 2 aliphatic heterocycles. The van der Waals surface area contributed by atoms with Crippen LogP contribution >= 0.6 is 0 Å². The lowest BCUT2D eigenvalue weighted by Gasteiger charge is -2.36. The highest BCUT2D eigenvalue weighted by atomic mass is 19.1. The SMILES string of the molecule is CC1c2cnc(-c3ncccn3)nc2CCN1c1cc(F)cc(N2CCOC(C(=O)O)C2)n1. The fourth-order valence-corrected chi connectivity index (χ4v) is 4.18. The molecule has 1 N–H and O–H groups in total. The number of carboxylic acids is 1. The number of hydrogen-bond donors (Lipinski definition) is 1. The number of morpholine rings is 1. The van der Waals surface area contributed by atoms with Gasteiger partial charge in [-0.3, -0.25) is 0 Å². The number of hydrogen-bond acceptors (Lipinski definition) is 9. The third-order valence-corrected chi connectivity index (χ3v) is 5.90. The minimum absolute atomic E-state index is 0.113. The third kappa shape index (κ3) is 4.19. The smallest absolute Gasteiger partial charge is 0.334 e. The Balaban J connectivity index is 1.41. The van der Waals surface area contributed by atoms with Gasteiger partial charge in [-0.25, -0.2) is 34.1 Å². The summed E-state index contributed by atoms with van der Waals surface area (Å²) < 4.78 is 19.8. The number of anilines is 2. The fraction of sp³-hybridized carbons (Fsp3) is 0.364. The van der Waals surface area contributed by atoms with Crippen LogP contribution in [0.4, 0.5) is 16.0 Å². The van der Waals surface area contributed by atoms with Gasteiger partial charge >= 0.3 is 5.97 Å². The second-order valence-corrected chi connectivity index (χ2v) is 7.93. The first-order chi connectivity index (χ1) is 16.0. The number of aliphatic carboxylic acids is 1. The number of rotatable bonds is 4. The second-order valence-electron chi connectivity index (χ2n) is 7.93. The first-order valence-electron chi connectivity index (χ1n) is 10.7. The van der Waals surface area contributed by atoms with Crippen molar-refractivity contribution in [3.05, 3.63) is 53.9 Å². The molecule has 33 heavy (non-hydrogen) atoms. The molecule has 0 aliphatic carbocycles. The molecule has 11 heteroatoms. The molecule has 2 atom stereocenters. The summed E-state index contributed by atoms with van der Waals surface area (Å²) in [6.07, 6.45) is 4.73. The molecule has 0 spiro atoms. The van der Waals surface area contributed by atoms with Gasteiger partial charge < -0.3 is 19.6 Å². The van der Waals surface area contributed by atoms with Gasteiger partial charge in [-0.15, -0.1) is 0 Å². The summed E-state index contributed by atoms with van der Waals surface area (Å²) in [6.45, 7) is 3.39. The maximum Gasteiger partial charge on any atom is 0.334 e. The van der Waals surface area contributed by atoms with Gasteiger partial charge in [-0.1, -0.05) is 0 Å². The normalized spacial score (nSPS) is 20.4. The van der Waals surface area contributed by atoms with Crippen molar-refractivity contribution in [2.75, 3.05) is 36.0 Å². The van der Waals surface area contributed by atoms with Gasteiger partial charge in [0.25, 0.3) is 0 Å². The Labute approximate surface area is 189 Å². The van der Waals surface area contributed by atoms with Crippen molar-refractivity contribution >= 4 is 17.6 Å². The van der Waals surface area contributed by atoms with Crippen LogP contribution in [0.1, 0.15) is 24.2 Å².